The van der Waals surface area contributed by atoms with Crippen molar-refractivity contribution in [3.05, 3.63) is 11.1 Å². The number of carbonyl (C=O) groups excluding carboxylic acids is 1. The molecular weight excluding hydrogens is 172 g/mol. The van der Waals surface area contributed by atoms with Crippen molar-refractivity contribution in [1.29, 1.82) is 0 Å². The maximum Gasteiger partial charge on any atom is 0.310 e. The molecule has 0 aromatic carbocycles. The van der Waals surface area contributed by atoms with Crippen LogP contribution in [0.1, 0.15) is 19.8 Å². The molecule has 2 aliphatic rings. The van der Waals surface area contributed by atoms with Gasteiger partial charge in [-0.2, -0.15) is 0 Å². The number of aliphatic hydroxyl groups excluding tert-OH is 1. The fraction of sp³-hybridized carbons (Fsp3) is 0.667. The second-order valence-electron chi connectivity index (χ2n) is 3.84. The molecule has 0 spiro atoms. The van der Waals surface area contributed by atoms with Crippen molar-refractivity contribution in [2.75, 3.05) is 6.61 Å². The Labute approximate surface area is 75.8 Å². The van der Waals surface area contributed by atoms with Gasteiger partial charge in [0.1, 0.15) is 6.61 Å². The lowest BCUT2D eigenvalue weighted by Crippen LogP contribution is -2.29. The van der Waals surface area contributed by atoms with Crippen LogP contribution in [0.25, 0.3) is 0 Å². The summed E-state index contributed by atoms with van der Waals surface area (Å²) in [4.78, 5) is 10.9. The number of aliphatic hydroxyl groups is 2. The molecule has 2 atom stereocenters. The Morgan fingerprint density at radius 1 is 1.62 bits per heavy atom. The molecule has 1 heterocycles. The fourth-order valence-corrected chi connectivity index (χ4v) is 2.00. The molecule has 13 heavy (non-hydrogen) atoms. The number of esters is 1. The van der Waals surface area contributed by atoms with Crippen LogP contribution in [0.4, 0.5) is 0 Å². The van der Waals surface area contributed by atoms with Gasteiger partial charge in [0.05, 0.1) is 18.1 Å². The van der Waals surface area contributed by atoms with Crippen LogP contribution in [0.5, 0.6) is 0 Å². The molecule has 0 amide bonds. The highest BCUT2D eigenvalue weighted by molar-refractivity contribution is 5.75. The van der Waals surface area contributed by atoms with Crippen molar-refractivity contribution in [2.24, 2.45) is 0 Å². The second-order valence-corrected chi connectivity index (χ2v) is 3.84. The van der Waals surface area contributed by atoms with Crippen LogP contribution in [-0.4, -0.2) is 34.5 Å². The third kappa shape index (κ3) is 1.26. The van der Waals surface area contributed by atoms with Crippen molar-refractivity contribution < 1.29 is 19.7 Å². The van der Waals surface area contributed by atoms with Gasteiger partial charge in [0.25, 0.3) is 0 Å². The van der Waals surface area contributed by atoms with Gasteiger partial charge in [0.15, 0.2) is 0 Å². The molecule has 0 saturated heterocycles. The highest BCUT2D eigenvalue weighted by Crippen LogP contribution is 2.39. The van der Waals surface area contributed by atoms with Gasteiger partial charge in [-0.1, -0.05) is 0 Å². The molecule has 0 bridgehead atoms. The van der Waals surface area contributed by atoms with Gasteiger partial charge in [-0.25, -0.2) is 0 Å². The predicted octanol–water partition coefficient (Wildman–Crippen LogP) is -0.254. The summed E-state index contributed by atoms with van der Waals surface area (Å²) >= 11 is 0. The van der Waals surface area contributed by atoms with E-state index in [4.69, 9.17) is 4.74 Å². The number of hydrogen-bond donors (Lipinski definition) is 2. The van der Waals surface area contributed by atoms with Crippen LogP contribution in [0.15, 0.2) is 11.1 Å². The van der Waals surface area contributed by atoms with Gasteiger partial charge >= 0.3 is 5.97 Å². The molecule has 2 N–H and O–H groups in total. The molecule has 0 aromatic rings. The first kappa shape index (κ1) is 8.72. The van der Waals surface area contributed by atoms with Gasteiger partial charge < -0.3 is 14.9 Å². The first-order valence-corrected chi connectivity index (χ1v) is 4.29. The summed E-state index contributed by atoms with van der Waals surface area (Å²) in [6.07, 6.45) is -0.293. The van der Waals surface area contributed by atoms with E-state index in [0.717, 1.165) is 0 Å². The van der Waals surface area contributed by atoms with E-state index >= 15 is 0 Å². The third-order valence-corrected chi connectivity index (χ3v) is 2.74. The standard InChI is InChI=1S/C9H12O4/c1-9(12)3-7(10)5-2-8(11)13-4-6(5)9/h7,10,12H,2-4H2,1H3. The number of cyclic esters (lactones) is 1. The summed E-state index contributed by atoms with van der Waals surface area (Å²) in [7, 11) is 0. The third-order valence-electron chi connectivity index (χ3n) is 2.74. The molecule has 0 radical (unpaired) electrons. The lowest BCUT2D eigenvalue weighted by Gasteiger charge is -2.23. The van der Waals surface area contributed by atoms with Crippen LogP contribution in [0.3, 0.4) is 0 Å². The first-order valence-electron chi connectivity index (χ1n) is 4.29. The van der Waals surface area contributed by atoms with Crippen LogP contribution >= 0.6 is 0 Å². The Hall–Kier alpha value is -0.870. The van der Waals surface area contributed by atoms with Crippen LogP contribution < -0.4 is 0 Å². The summed E-state index contributed by atoms with van der Waals surface area (Å²) in [5.41, 5.74) is 0.330. The first-order chi connectivity index (χ1) is 6.00. The molecule has 4 heteroatoms. The molecule has 2 rings (SSSR count). The summed E-state index contributed by atoms with van der Waals surface area (Å²) in [5.74, 6) is -0.324. The van der Waals surface area contributed by atoms with E-state index in [2.05, 4.69) is 0 Å². The molecule has 4 nitrogen and oxygen atoms in total. The second kappa shape index (κ2) is 2.56. The highest BCUT2D eigenvalue weighted by atomic mass is 16.5. The summed E-state index contributed by atoms with van der Waals surface area (Å²) in [6.45, 7) is 1.76. The molecule has 0 aromatic heterocycles. The van der Waals surface area contributed by atoms with Crippen molar-refractivity contribution in [3.8, 4) is 0 Å². The average Bonchev–Trinajstić information content (AvgIpc) is 2.22. The fourth-order valence-electron chi connectivity index (χ4n) is 2.00. The Balaban J connectivity index is 2.36. The smallest absolute Gasteiger partial charge is 0.310 e. The quantitative estimate of drug-likeness (QED) is 0.402. The van der Waals surface area contributed by atoms with Crippen molar-refractivity contribution in [1.82, 2.24) is 0 Å². The molecule has 0 saturated carbocycles. The van der Waals surface area contributed by atoms with E-state index in [0.29, 0.717) is 11.1 Å². The van der Waals surface area contributed by atoms with Gasteiger partial charge in [-0.05, 0) is 12.5 Å². The summed E-state index contributed by atoms with van der Waals surface area (Å²) in [5, 5.41) is 19.4. The molecule has 72 valence electrons. The van der Waals surface area contributed by atoms with Gasteiger partial charge in [-0.15, -0.1) is 0 Å². The van der Waals surface area contributed by atoms with Gasteiger partial charge in [0.2, 0.25) is 0 Å². The Kier molecular flexibility index (Phi) is 1.72. The van der Waals surface area contributed by atoms with E-state index in [1.54, 1.807) is 6.92 Å². The number of rotatable bonds is 0. The molecule has 0 fully saturated rings. The maximum absolute atomic E-state index is 10.9. The van der Waals surface area contributed by atoms with Crippen molar-refractivity contribution in [2.45, 2.75) is 31.5 Å². The average molecular weight is 184 g/mol. The number of hydrogen-bond acceptors (Lipinski definition) is 4. The lowest BCUT2D eigenvalue weighted by molar-refractivity contribution is -0.143. The molecular formula is C9H12O4. The van der Waals surface area contributed by atoms with Crippen molar-refractivity contribution in [3.63, 3.8) is 0 Å². The van der Waals surface area contributed by atoms with E-state index in [1.165, 1.54) is 0 Å². The van der Waals surface area contributed by atoms with Crippen LogP contribution in [0.2, 0.25) is 0 Å². The molecule has 2 unspecified atom stereocenters. The normalized spacial score (nSPS) is 39.0. The van der Waals surface area contributed by atoms with E-state index in [1.807, 2.05) is 0 Å². The Bertz CT molecular complexity index is 290. The Morgan fingerprint density at radius 2 is 2.31 bits per heavy atom. The minimum absolute atomic E-state index is 0.118. The monoisotopic (exact) mass is 184 g/mol. The minimum atomic E-state index is -1.00. The predicted molar refractivity (Wildman–Crippen MR) is 43.8 cm³/mol. The van der Waals surface area contributed by atoms with E-state index in [-0.39, 0.29) is 25.4 Å². The van der Waals surface area contributed by atoms with Crippen molar-refractivity contribution >= 4 is 5.97 Å². The largest absolute Gasteiger partial charge is 0.461 e. The number of ether oxygens (including phenoxy) is 1. The summed E-state index contributed by atoms with van der Waals surface area (Å²) in [6, 6.07) is 0. The molecule has 1 aliphatic heterocycles. The maximum atomic E-state index is 10.9. The van der Waals surface area contributed by atoms with E-state index in [9.17, 15) is 15.0 Å². The van der Waals surface area contributed by atoms with Gasteiger partial charge in [-0.3, -0.25) is 4.79 Å². The summed E-state index contributed by atoms with van der Waals surface area (Å²) < 4.78 is 4.81. The topological polar surface area (TPSA) is 66.8 Å². The highest BCUT2D eigenvalue weighted by Gasteiger charge is 2.43. The number of carbonyl (C=O) groups is 1. The zero-order valence-electron chi connectivity index (χ0n) is 7.41. The minimum Gasteiger partial charge on any atom is -0.461 e. The van der Waals surface area contributed by atoms with Crippen LogP contribution in [-0.2, 0) is 9.53 Å². The van der Waals surface area contributed by atoms with E-state index < -0.39 is 11.7 Å². The SMILES string of the molecule is CC1(O)CC(O)C2=C1COC(=O)C2. The van der Waals surface area contributed by atoms with Crippen LogP contribution in [0, 0.1) is 0 Å². The zero-order chi connectivity index (χ0) is 9.64. The molecule has 1 aliphatic carbocycles. The Morgan fingerprint density at radius 3 is 3.00 bits per heavy atom. The zero-order valence-corrected chi connectivity index (χ0v) is 7.41. The lowest BCUT2D eigenvalue weighted by atomic mass is 9.97. The van der Waals surface area contributed by atoms with Gasteiger partial charge in [0, 0.05) is 12.0 Å².